The van der Waals surface area contributed by atoms with Gasteiger partial charge >= 0.3 is 0 Å². The van der Waals surface area contributed by atoms with Gasteiger partial charge in [-0.1, -0.05) is 32.1 Å². The number of likely N-dealkylation sites (tertiary alicyclic amines) is 1. The summed E-state index contributed by atoms with van der Waals surface area (Å²) in [5.74, 6) is 1.72. The smallest absolute Gasteiger partial charge is 0.00244 e. The molecule has 2 N–H and O–H groups in total. The van der Waals surface area contributed by atoms with Gasteiger partial charge in [0.2, 0.25) is 0 Å². The zero-order valence-electron chi connectivity index (χ0n) is 9.96. The van der Waals surface area contributed by atoms with Crippen LogP contribution in [0.1, 0.15) is 44.9 Å². The molecule has 1 aliphatic carbocycles. The van der Waals surface area contributed by atoms with Crippen LogP contribution >= 0.6 is 0 Å². The predicted molar refractivity (Wildman–Crippen MR) is 64.8 cm³/mol. The summed E-state index contributed by atoms with van der Waals surface area (Å²) in [6.45, 7) is 4.83. The summed E-state index contributed by atoms with van der Waals surface area (Å²) in [6.07, 6.45) is 10.0. The summed E-state index contributed by atoms with van der Waals surface area (Å²) < 4.78 is 0. The lowest BCUT2D eigenvalue weighted by Gasteiger charge is -2.32. The van der Waals surface area contributed by atoms with Gasteiger partial charge in [0, 0.05) is 6.54 Å². The Morgan fingerprint density at radius 2 is 1.67 bits per heavy atom. The van der Waals surface area contributed by atoms with Gasteiger partial charge in [0.15, 0.2) is 0 Å². The summed E-state index contributed by atoms with van der Waals surface area (Å²) >= 11 is 0. The Morgan fingerprint density at radius 3 is 2.27 bits per heavy atom. The van der Waals surface area contributed by atoms with Crippen LogP contribution < -0.4 is 5.73 Å². The van der Waals surface area contributed by atoms with Crippen LogP contribution in [0.25, 0.3) is 0 Å². The molecule has 0 aromatic rings. The fourth-order valence-corrected chi connectivity index (χ4v) is 3.32. The standard InChI is InChI=1S/C13H26N2/c14-10-13(11-15-8-4-5-9-15)12-6-2-1-3-7-12/h12-13H,1-11,14H2. The quantitative estimate of drug-likeness (QED) is 0.771. The molecule has 0 aromatic heterocycles. The monoisotopic (exact) mass is 210 g/mol. The zero-order chi connectivity index (χ0) is 10.5. The van der Waals surface area contributed by atoms with Gasteiger partial charge < -0.3 is 10.6 Å². The fourth-order valence-electron chi connectivity index (χ4n) is 3.32. The molecule has 2 rings (SSSR count). The largest absolute Gasteiger partial charge is 0.330 e. The Morgan fingerprint density at radius 1 is 1.00 bits per heavy atom. The highest BCUT2D eigenvalue weighted by Gasteiger charge is 2.25. The number of nitrogens with two attached hydrogens (primary N) is 1. The number of hydrogen-bond donors (Lipinski definition) is 1. The molecular formula is C13H26N2. The van der Waals surface area contributed by atoms with E-state index in [4.69, 9.17) is 5.73 Å². The van der Waals surface area contributed by atoms with Crippen molar-refractivity contribution in [2.75, 3.05) is 26.2 Å². The second kappa shape index (κ2) is 5.86. The van der Waals surface area contributed by atoms with E-state index in [1.165, 1.54) is 64.6 Å². The van der Waals surface area contributed by atoms with E-state index in [-0.39, 0.29) is 0 Å². The van der Waals surface area contributed by atoms with Crippen molar-refractivity contribution in [1.29, 1.82) is 0 Å². The van der Waals surface area contributed by atoms with Gasteiger partial charge in [0.25, 0.3) is 0 Å². The minimum absolute atomic E-state index is 0.781. The molecule has 0 amide bonds. The van der Waals surface area contributed by atoms with Crippen LogP contribution in [0.4, 0.5) is 0 Å². The van der Waals surface area contributed by atoms with E-state index in [1.807, 2.05) is 0 Å². The first kappa shape index (κ1) is 11.4. The summed E-state index contributed by atoms with van der Waals surface area (Å²) in [5.41, 5.74) is 5.96. The maximum absolute atomic E-state index is 5.96. The normalized spacial score (nSPS) is 27.0. The van der Waals surface area contributed by atoms with Gasteiger partial charge in [-0.3, -0.25) is 0 Å². The highest BCUT2D eigenvalue weighted by atomic mass is 15.1. The maximum atomic E-state index is 5.96. The molecule has 2 heteroatoms. The van der Waals surface area contributed by atoms with Crippen LogP contribution in [0.2, 0.25) is 0 Å². The molecule has 1 saturated carbocycles. The van der Waals surface area contributed by atoms with E-state index in [2.05, 4.69) is 4.90 Å². The lowest BCUT2D eigenvalue weighted by atomic mass is 9.80. The van der Waals surface area contributed by atoms with Gasteiger partial charge in [-0.2, -0.15) is 0 Å². The summed E-state index contributed by atoms with van der Waals surface area (Å²) in [4.78, 5) is 2.63. The SMILES string of the molecule is NCC(CN1CCCC1)C1CCCCC1. The molecule has 15 heavy (non-hydrogen) atoms. The Bertz CT molecular complexity index is 169. The van der Waals surface area contributed by atoms with Gasteiger partial charge in [-0.05, 0) is 44.3 Å². The van der Waals surface area contributed by atoms with Crippen molar-refractivity contribution in [1.82, 2.24) is 4.90 Å². The highest BCUT2D eigenvalue weighted by molar-refractivity contribution is 4.79. The average Bonchev–Trinajstić information content (AvgIpc) is 2.80. The minimum Gasteiger partial charge on any atom is -0.330 e. The molecule has 1 atom stereocenters. The first-order valence-corrected chi connectivity index (χ1v) is 6.82. The van der Waals surface area contributed by atoms with E-state index in [9.17, 15) is 0 Å². The Balaban J connectivity index is 1.79. The summed E-state index contributed by atoms with van der Waals surface area (Å²) in [5, 5.41) is 0. The maximum Gasteiger partial charge on any atom is 0.00244 e. The molecule has 1 unspecified atom stereocenters. The molecular weight excluding hydrogens is 184 g/mol. The molecule has 1 aliphatic heterocycles. The van der Waals surface area contributed by atoms with E-state index >= 15 is 0 Å². The van der Waals surface area contributed by atoms with Gasteiger partial charge in [0.1, 0.15) is 0 Å². The van der Waals surface area contributed by atoms with Crippen molar-refractivity contribution in [2.24, 2.45) is 17.6 Å². The van der Waals surface area contributed by atoms with E-state index < -0.39 is 0 Å². The summed E-state index contributed by atoms with van der Waals surface area (Å²) in [6, 6.07) is 0. The van der Waals surface area contributed by atoms with Crippen LogP contribution in [-0.4, -0.2) is 31.1 Å². The van der Waals surface area contributed by atoms with Crippen molar-refractivity contribution in [2.45, 2.75) is 44.9 Å². The molecule has 2 fully saturated rings. The van der Waals surface area contributed by atoms with Crippen LogP contribution in [0.3, 0.4) is 0 Å². The number of nitrogens with zero attached hydrogens (tertiary/aromatic N) is 1. The third-order valence-electron chi connectivity index (χ3n) is 4.31. The van der Waals surface area contributed by atoms with Gasteiger partial charge in [-0.25, -0.2) is 0 Å². The predicted octanol–water partition coefficient (Wildman–Crippen LogP) is 2.24. The Kier molecular flexibility index (Phi) is 4.45. The zero-order valence-corrected chi connectivity index (χ0v) is 9.96. The Labute approximate surface area is 94.2 Å². The van der Waals surface area contributed by atoms with Crippen LogP contribution in [0, 0.1) is 11.8 Å². The topological polar surface area (TPSA) is 29.3 Å². The first-order valence-electron chi connectivity index (χ1n) is 6.82. The Hall–Kier alpha value is -0.0800. The molecule has 2 nitrogen and oxygen atoms in total. The molecule has 0 spiro atoms. The third kappa shape index (κ3) is 3.18. The third-order valence-corrected chi connectivity index (χ3v) is 4.31. The van der Waals surface area contributed by atoms with Crippen LogP contribution in [-0.2, 0) is 0 Å². The molecule has 2 aliphatic rings. The van der Waals surface area contributed by atoms with E-state index in [0.717, 1.165) is 18.4 Å². The highest BCUT2D eigenvalue weighted by Crippen LogP contribution is 2.30. The van der Waals surface area contributed by atoms with E-state index in [1.54, 1.807) is 0 Å². The van der Waals surface area contributed by atoms with Crippen molar-refractivity contribution >= 4 is 0 Å². The van der Waals surface area contributed by atoms with Crippen molar-refractivity contribution in [3.63, 3.8) is 0 Å². The first-order chi connectivity index (χ1) is 7.40. The second-order valence-corrected chi connectivity index (χ2v) is 5.40. The second-order valence-electron chi connectivity index (χ2n) is 5.40. The molecule has 1 saturated heterocycles. The van der Waals surface area contributed by atoms with Gasteiger partial charge in [0.05, 0.1) is 0 Å². The molecule has 88 valence electrons. The lowest BCUT2D eigenvalue weighted by Crippen LogP contribution is -2.36. The van der Waals surface area contributed by atoms with Crippen molar-refractivity contribution in [3.8, 4) is 0 Å². The number of rotatable bonds is 4. The van der Waals surface area contributed by atoms with Gasteiger partial charge in [-0.15, -0.1) is 0 Å². The lowest BCUT2D eigenvalue weighted by molar-refractivity contribution is 0.187. The van der Waals surface area contributed by atoms with Crippen LogP contribution in [0.15, 0.2) is 0 Å². The van der Waals surface area contributed by atoms with Crippen molar-refractivity contribution < 1.29 is 0 Å². The van der Waals surface area contributed by atoms with Crippen LogP contribution in [0.5, 0.6) is 0 Å². The molecule has 0 aromatic carbocycles. The molecule has 1 heterocycles. The average molecular weight is 210 g/mol. The minimum atomic E-state index is 0.781. The summed E-state index contributed by atoms with van der Waals surface area (Å²) in [7, 11) is 0. The molecule has 0 bridgehead atoms. The number of hydrogen-bond acceptors (Lipinski definition) is 2. The van der Waals surface area contributed by atoms with E-state index in [0.29, 0.717) is 0 Å². The van der Waals surface area contributed by atoms with Crippen molar-refractivity contribution in [3.05, 3.63) is 0 Å². The fraction of sp³-hybridized carbons (Fsp3) is 1.00. The molecule has 0 radical (unpaired) electrons.